The van der Waals surface area contributed by atoms with E-state index in [1.165, 1.54) is 8.61 Å². The summed E-state index contributed by atoms with van der Waals surface area (Å²) in [7, 11) is -1.82. The first-order valence-electron chi connectivity index (χ1n) is 6.47. The largest absolute Gasteiger partial charge is 0.330 e. The number of rotatable bonds is 8. The van der Waals surface area contributed by atoms with Crippen LogP contribution in [0.4, 0.5) is 0 Å². The van der Waals surface area contributed by atoms with Crippen LogP contribution >= 0.6 is 12.4 Å². The summed E-state index contributed by atoms with van der Waals surface area (Å²) in [5, 5.41) is 0. The fourth-order valence-corrected chi connectivity index (χ4v) is 3.08. The molecule has 7 heteroatoms. The Labute approximate surface area is 128 Å². The van der Waals surface area contributed by atoms with E-state index in [1.807, 2.05) is 37.3 Å². The number of benzene rings is 1. The van der Waals surface area contributed by atoms with Gasteiger partial charge >= 0.3 is 0 Å². The van der Waals surface area contributed by atoms with Crippen LogP contribution in [-0.2, 0) is 16.8 Å². The van der Waals surface area contributed by atoms with Crippen molar-refractivity contribution in [3.63, 3.8) is 0 Å². The zero-order valence-electron chi connectivity index (χ0n) is 12.0. The Morgan fingerprint density at radius 3 is 2.30 bits per heavy atom. The van der Waals surface area contributed by atoms with E-state index in [2.05, 4.69) is 0 Å². The van der Waals surface area contributed by atoms with E-state index in [-0.39, 0.29) is 12.4 Å². The number of halogens is 1. The second-order valence-electron chi connectivity index (χ2n) is 4.38. The van der Waals surface area contributed by atoms with Gasteiger partial charge in [0, 0.05) is 26.7 Å². The van der Waals surface area contributed by atoms with E-state index in [9.17, 15) is 8.42 Å². The van der Waals surface area contributed by atoms with Crippen LogP contribution in [0.15, 0.2) is 30.3 Å². The molecule has 20 heavy (non-hydrogen) atoms. The van der Waals surface area contributed by atoms with Crippen molar-refractivity contribution in [1.29, 1.82) is 0 Å². The molecule has 1 rings (SSSR count). The lowest BCUT2D eigenvalue weighted by molar-refractivity contribution is 0.356. The van der Waals surface area contributed by atoms with E-state index >= 15 is 0 Å². The highest BCUT2D eigenvalue weighted by Crippen LogP contribution is 2.12. The fourth-order valence-electron chi connectivity index (χ4n) is 1.69. The summed E-state index contributed by atoms with van der Waals surface area (Å²) in [6.07, 6.45) is 0.656. The lowest BCUT2D eigenvalue weighted by Crippen LogP contribution is -2.42. The number of hydrogen-bond acceptors (Lipinski definition) is 3. The van der Waals surface area contributed by atoms with Gasteiger partial charge in [-0.05, 0) is 18.5 Å². The van der Waals surface area contributed by atoms with Gasteiger partial charge in [0.05, 0.1) is 0 Å². The third-order valence-corrected chi connectivity index (χ3v) is 4.99. The number of nitrogens with two attached hydrogens (primary N) is 1. The van der Waals surface area contributed by atoms with Gasteiger partial charge in [0.25, 0.3) is 10.2 Å². The van der Waals surface area contributed by atoms with Crippen LogP contribution in [-0.4, -0.2) is 43.7 Å². The highest BCUT2D eigenvalue weighted by Gasteiger charge is 2.25. The number of hydrogen-bond donors (Lipinski definition) is 1. The third-order valence-electron chi connectivity index (χ3n) is 2.98. The summed E-state index contributed by atoms with van der Waals surface area (Å²) in [6.45, 7) is 3.58. The molecule has 0 heterocycles. The van der Waals surface area contributed by atoms with Gasteiger partial charge in [-0.25, -0.2) is 0 Å². The molecule has 0 aliphatic rings. The SMILES string of the molecule is CCN(C)S(=O)(=O)N(CCCN)Cc1ccccc1.Cl. The highest BCUT2D eigenvalue weighted by molar-refractivity contribution is 7.86. The Hall–Kier alpha value is -0.660. The molecule has 0 bridgehead atoms. The summed E-state index contributed by atoms with van der Waals surface area (Å²) in [4.78, 5) is 0. The summed E-state index contributed by atoms with van der Waals surface area (Å²) in [5.74, 6) is 0. The zero-order chi connectivity index (χ0) is 14.3. The molecule has 0 radical (unpaired) electrons. The Morgan fingerprint density at radius 2 is 1.80 bits per heavy atom. The molecule has 0 amide bonds. The third kappa shape index (κ3) is 5.38. The molecule has 116 valence electrons. The molecule has 0 fully saturated rings. The monoisotopic (exact) mass is 321 g/mol. The van der Waals surface area contributed by atoms with E-state index in [1.54, 1.807) is 7.05 Å². The van der Waals surface area contributed by atoms with E-state index in [0.29, 0.717) is 32.6 Å². The molecule has 0 spiro atoms. The molecular weight excluding hydrogens is 298 g/mol. The van der Waals surface area contributed by atoms with Crippen molar-refractivity contribution in [2.75, 3.05) is 26.7 Å². The van der Waals surface area contributed by atoms with Gasteiger partial charge in [-0.15, -0.1) is 12.4 Å². The average Bonchev–Trinajstić information content (AvgIpc) is 2.43. The minimum Gasteiger partial charge on any atom is -0.330 e. The maximum atomic E-state index is 12.4. The van der Waals surface area contributed by atoms with Crippen molar-refractivity contribution in [3.8, 4) is 0 Å². The second kappa shape index (κ2) is 9.31. The van der Waals surface area contributed by atoms with E-state index < -0.39 is 10.2 Å². The van der Waals surface area contributed by atoms with Gasteiger partial charge in [0.1, 0.15) is 0 Å². The smallest absolute Gasteiger partial charge is 0.282 e. The van der Waals surface area contributed by atoms with Crippen LogP contribution < -0.4 is 5.73 Å². The van der Waals surface area contributed by atoms with Gasteiger partial charge in [-0.3, -0.25) is 0 Å². The van der Waals surface area contributed by atoms with Crippen molar-refractivity contribution in [1.82, 2.24) is 8.61 Å². The summed E-state index contributed by atoms with van der Waals surface area (Å²) >= 11 is 0. The normalized spacial score (nSPS) is 11.7. The first kappa shape index (κ1) is 19.3. The molecule has 0 aliphatic carbocycles. The maximum absolute atomic E-state index is 12.4. The van der Waals surface area contributed by atoms with Gasteiger partial charge in [0.2, 0.25) is 0 Å². The Kier molecular flexibility index (Phi) is 9.00. The molecule has 1 aromatic rings. The fraction of sp³-hybridized carbons (Fsp3) is 0.538. The molecule has 2 N–H and O–H groups in total. The van der Waals surface area contributed by atoms with Crippen molar-refractivity contribution >= 4 is 22.6 Å². The van der Waals surface area contributed by atoms with Crippen molar-refractivity contribution in [2.24, 2.45) is 5.73 Å². The van der Waals surface area contributed by atoms with Gasteiger partial charge in [0.15, 0.2) is 0 Å². The maximum Gasteiger partial charge on any atom is 0.282 e. The lowest BCUT2D eigenvalue weighted by atomic mass is 10.2. The van der Waals surface area contributed by atoms with Gasteiger partial charge in [-0.1, -0.05) is 37.3 Å². The second-order valence-corrected chi connectivity index (χ2v) is 6.42. The molecule has 0 saturated carbocycles. The van der Waals surface area contributed by atoms with Crippen LogP contribution in [0.5, 0.6) is 0 Å². The summed E-state index contributed by atoms with van der Waals surface area (Å²) in [5.41, 5.74) is 6.47. The molecule has 5 nitrogen and oxygen atoms in total. The van der Waals surface area contributed by atoms with Gasteiger partial charge < -0.3 is 5.73 Å². The van der Waals surface area contributed by atoms with Crippen LogP contribution in [0, 0.1) is 0 Å². The molecule has 0 aliphatic heterocycles. The van der Waals surface area contributed by atoms with Gasteiger partial charge in [-0.2, -0.15) is 17.0 Å². The summed E-state index contributed by atoms with van der Waals surface area (Å²) < 4.78 is 27.6. The first-order chi connectivity index (χ1) is 9.02. The zero-order valence-corrected chi connectivity index (χ0v) is 13.7. The first-order valence-corrected chi connectivity index (χ1v) is 7.87. The Bertz CT molecular complexity index is 468. The Balaban J connectivity index is 0.00000361. The van der Waals surface area contributed by atoms with Crippen molar-refractivity contribution in [3.05, 3.63) is 35.9 Å². The number of nitrogens with zero attached hydrogens (tertiary/aromatic N) is 2. The summed E-state index contributed by atoms with van der Waals surface area (Å²) in [6, 6.07) is 9.59. The van der Waals surface area contributed by atoms with E-state index in [4.69, 9.17) is 5.73 Å². The molecule has 0 atom stereocenters. The lowest BCUT2D eigenvalue weighted by Gasteiger charge is -2.26. The highest BCUT2D eigenvalue weighted by atomic mass is 35.5. The van der Waals surface area contributed by atoms with Crippen molar-refractivity contribution < 1.29 is 8.42 Å². The molecular formula is C13H24ClN3O2S. The molecule has 0 aromatic heterocycles. The predicted molar refractivity (Wildman–Crippen MR) is 85.0 cm³/mol. The molecule has 0 saturated heterocycles. The van der Waals surface area contributed by atoms with Crippen LogP contribution in [0.25, 0.3) is 0 Å². The molecule has 1 aromatic carbocycles. The molecule has 0 unspecified atom stereocenters. The quantitative estimate of drug-likeness (QED) is 0.788. The van der Waals surface area contributed by atoms with Crippen molar-refractivity contribution in [2.45, 2.75) is 19.9 Å². The minimum atomic E-state index is -3.41. The topological polar surface area (TPSA) is 66.6 Å². The van der Waals surface area contributed by atoms with Crippen LogP contribution in [0.3, 0.4) is 0 Å². The van der Waals surface area contributed by atoms with Crippen LogP contribution in [0.2, 0.25) is 0 Å². The average molecular weight is 322 g/mol. The van der Waals surface area contributed by atoms with E-state index in [0.717, 1.165) is 5.56 Å². The Morgan fingerprint density at radius 1 is 1.20 bits per heavy atom. The predicted octanol–water partition coefficient (Wildman–Crippen LogP) is 1.46. The van der Waals surface area contributed by atoms with Crippen LogP contribution in [0.1, 0.15) is 18.9 Å². The minimum absolute atomic E-state index is 0. The standard InChI is InChI=1S/C13H23N3O2S.ClH/c1-3-15(2)19(17,18)16(11-7-10-14)12-13-8-5-4-6-9-13;/h4-6,8-9H,3,7,10-12,14H2,1-2H3;1H.